The highest BCUT2D eigenvalue weighted by Crippen LogP contribution is 2.31. The van der Waals surface area contributed by atoms with E-state index in [2.05, 4.69) is 15.6 Å². The molecule has 3 amide bonds. The van der Waals surface area contributed by atoms with Crippen LogP contribution in [0.25, 0.3) is 0 Å². The van der Waals surface area contributed by atoms with E-state index in [0.29, 0.717) is 52.9 Å². The standard InChI is InChI=1S/C37H44N4O9S/c1-36(2,3)49-33(44)38-25-12-8-23(9-13-25)18-19-47-27-16-17-28(29(21-27)41(7)35(46)50-37(4,5)6)39-31(42)22-48-26-14-10-24(11-15-26)20-30-32(43)40-34(45)51-30/h8-17,21,43H,18-20,22H2,1-7H3,(H,38,44)(H,39,42)(H,40,45). The Labute approximate surface area is 300 Å². The Morgan fingerprint density at radius 1 is 0.824 bits per heavy atom. The van der Waals surface area contributed by atoms with Gasteiger partial charge in [0.2, 0.25) is 5.88 Å². The molecule has 4 rings (SSSR count). The van der Waals surface area contributed by atoms with Crippen LogP contribution < -0.4 is 29.9 Å². The second kappa shape index (κ2) is 16.5. The molecule has 0 spiro atoms. The number of H-pyrrole nitrogens is 1. The third-order valence-electron chi connectivity index (χ3n) is 6.89. The lowest BCUT2D eigenvalue weighted by Gasteiger charge is -2.26. The summed E-state index contributed by atoms with van der Waals surface area (Å²) >= 11 is 0.943. The van der Waals surface area contributed by atoms with E-state index in [9.17, 15) is 24.3 Å². The lowest BCUT2D eigenvalue weighted by Crippen LogP contribution is -2.34. The molecule has 4 N–H and O–H groups in total. The van der Waals surface area contributed by atoms with Crippen LogP contribution in [0.2, 0.25) is 0 Å². The summed E-state index contributed by atoms with van der Waals surface area (Å²) in [6, 6.07) is 19.3. The molecule has 0 aliphatic heterocycles. The maximum atomic E-state index is 13.0. The Bertz CT molecular complexity index is 1870. The van der Waals surface area contributed by atoms with Crippen molar-refractivity contribution in [1.82, 2.24) is 4.98 Å². The summed E-state index contributed by atoms with van der Waals surface area (Å²) < 4.78 is 22.5. The molecule has 0 unspecified atom stereocenters. The third kappa shape index (κ3) is 12.4. The molecule has 13 nitrogen and oxygen atoms in total. The minimum Gasteiger partial charge on any atom is -0.494 e. The van der Waals surface area contributed by atoms with Gasteiger partial charge in [-0.3, -0.25) is 24.8 Å². The molecule has 0 radical (unpaired) electrons. The van der Waals surface area contributed by atoms with Crippen molar-refractivity contribution in [2.24, 2.45) is 0 Å². The number of hydrogen-bond donors (Lipinski definition) is 4. The number of aromatic hydroxyl groups is 1. The van der Waals surface area contributed by atoms with Gasteiger partial charge in [-0.2, -0.15) is 0 Å². The molecular formula is C37H44N4O9S. The van der Waals surface area contributed by atoms with E-state index in [0.717, 1.165) is 22.5 Å². The number of aromatic nitrogens is 1. The number of benzene rings is 3. The summed E-state index contributed by atoms with van der Waals surface area (Å²) in [6.45, 7) is 10.7. The number of nitrogens with one attached hydrogen (secondary N) is 3. The number of carbonyl (C=O) groups excluding carboxylic acids is 3. The molecule has 0 atom stereocenters. The molecule has 1 aromatic heterocycles. The summed E-state index contributed by atoms with van der Waals surface area (Å²) in [5.74, 6) is 0.317. The molecule has 1 heterocycles. The lowest BCUT2D eigenvalue weighted by molar-refractivity contribution is -0.118. The highest BCUT2D eigenvalue weighted by molar-refractivity contribution is 7.09. The molecule has 0 aliphatic carbocycles. The van der Waals surface area contributed by atoms with Gasteiger partial charge in [0.15, 0.2) is 6.61 Å². The normalized spacial score (nSPS) is 11.4. The van der Waals surface area contributed by atoms with Crippen molar-refractivity contribution in [2.45, 2.75) is 65.6 Å². The van der Waals surface area contributed by atoms with Gasteiger partial charge in [-0.25, -0.2) is 9.59 Å². The van der Waals surface area contributed by atoms with Gasteiger partial charge in [0.05, 0.1) is 22.9 Å². The van der Waals surface area contributed by atoms with Gasteiger partial charge < -0.3 is 29.4 Å². The Balaban J connectivity index is 1.37. The largest absolute Gasteiger partial charge is 0.494 e. The zero-order chi connectivity index (χ0) is 37.3. The predicted octanol–water partition coefficient (Wildman–Crippen LogP) is 7.09. The van der Waals surface area contributed by atoms with Crippen LogP contribution in [0.3, 0.4) is 0 Å². The average molecular weight is 721 g/mol. The number of rotatable bonds is 12. The van der Waals surface area contributed by atoms with Crippen molar-refractivity contribution >= 4 is 46.5 Å². The van der Waals surface area contributed by atoms with Crippen LogP contribution in [0.1, 0.15) is 57.5 Å². The number of carbonyl (C=O) groups is 3. The van der Waals surface area contributed by atoms with E-state index >= 15 is 0 Å². The van der Waals surface area contributed by atoms with Crippen LogP contribution in [0, 0.1) is 0 Å². The SMILES string of the molecule is CN(C(=O)OC(C)(C)C)c1cc(OCCc2ccc(NC(=O)OC(C)(C)C)cc2)ccc1NC(=O)COc1ccc(Cc2sc(=O)[nH]c2O)cc1. The molecule has 14 heteroatoms. The minimum absolute atomic E-state index is 0.142. The molecule has 3 aromatic carbocycles. The monoisotopic (exact) mass is 720 g/mol. The number of thiazole rings is 1. The highest BCUT2D eigenvalue weighted by Gasteiger charge is 2.24. The zero-order valence-corrected chi connectivity index (χ0v) is 30.6. The number of ether oxygens (including phenoxy) is 4. The Hall–Kier alpha value is -5.50. The Morgan fingerprint density at radius 3 is 2.06 bits per heavy atom. The van der Waals surface area contributed by atoms with Gasteiger partial charge in [0.1, 0.15) is 22.7 Å². The molecule has 0 bridgehead atoms. The molecule has 4 aromatic rings. The molecular weight excluding hydrogens is 676 g/mol. The van der Waals surface area contributed by atoms with Gasteiger partial charge in [-0.05, 0) is 89.1 Å². The maximum absolute atomic E-state index is 13.0. The Morgan fingerprint density at radius 2 is 1.45 bits per heavy atom. The van der Waals surface area contributed by atoms with E-state index in [1.165, 1.54) is 4.90 Å². The summed E-state index contributed by atoms with van der Waals surface area (Å²) in [5, 5.41) is 15.3. The van der Waals surface area contributed by atoms with Crippen LogP contribution >= 0.6 is 11.3 Å². The topological polar surface area (TPSA) is 169 Å². The van der Waals surface area contributed by atoms with Gasteiger partial charge in [-0.15, -0.1) is 0 Å². The second-order valence-electron chi connectivity index (χ2n) is 13.6. The lowest BCUT2D eigenvalue weighted by atomic mass is 10.1. The van der Waals surface area contributed by atoms with E-state index in [-0.39, 0.29) is 17.4 Å². The van der Waals surface area contributed by atoms with Gasteiger partial charge in [-0.1, -0.05) is 35.6 Å². The quantitative estimate of drug-likeness (QED) is 0.119. The van der Waals surface area contributed by atoms with Gasteiger partial charge in [0.25, 0.3) is 5.91 Å². The molecule has 51 heavy (non-hydrogen) atoms. The van der Waals surface area contributed by atoms with Crippen molar-refractivity contribution in [3.05, 3.63) is 92.4 Å². The summed E-state index contributed by atoms with van der Waals surface area (Å²) in [4.78, 5) is 53.3. The van der Waals surface area contributed by atoms with Crippen LogP contribution in [-0.2, 0) is 27.1 Å². The van der Waals surface area contributed by atoms with Crippen LogP contribution in [0.4, 0.5) is 26.7 Å². The van der Waals surface area contributed by atoms with E-state index in [4.69, 9.17) is 18.9 Å². The number of anilines is 3. The summed E-state index contributed by atoms with van der Waals surface area (Å²) in [7, 11) is 1.54. The molecule has 0 fully saturated rings. The highest BCUT2D eigenvalue weighted by atomic mass is 32.1. The fourth-order valence-corrected chi connectivity index (χ4v) is 5.33. The number of amides is 3. The average Bonchev–Trinajstić information content (AvgIpc) is 3.35. The van der Waals surface area contributed by atoms with Crippen molar-refractivity contribution < 1.29 is 38.4 Å². The first-order valence-electron chi connectivity index (χ1n) is 16.2. The smallest absolute Gasteiger partial charge is 0.414 e. The first-order valence-corrected chi connectivity index (χ1v) is 17.0. The minimum atomic E-state index is -0.744. The predicted molar refractivity (Wildman–Crippen MR) is 197 cm³/mol. The molecule has 272 valence electrons. The van der Waals surface area contributed by atoms with Crippen LogP contribution in [0.15, 0.2) is 71.5 Å². The van der Waals surface area contributed by atoms with Gasteiger partial charge in [0, 0.05) is 31.6 Å². The zero-order valence-electron chi connectivity index (χ0n) is 29.7. The molecule has 0 saturated heterocycles. The van der Waals surface area contributed by atoms with E-state index in [1.54, 1.807) is 103 Å². The van der Waals surface area contributed by atoms with Crippen molar-refractivity contribution in [3.63, 3.8) is 0 Å². The van der Waals surface area contributed by atoms with Crippen molar-refractivity contribution in [2.75, 3.05) is 35.8 Å². The fourth-order valence-electron chi connectivity index (χ4n) is 4.57. The molecule has 0 aliphatic rings. The maximum Gasteiger partial charge on any atom is 0.414 e. The number of nitrogens with zero attached hydrogens (tertiary/aromatic N) is 1. The summed E-state index contributed by atoms with van der Waals surface area (Å²) in [6.07, 6.45) is -0.215. The van der Waals surface area contributed by atoms with Crippen LogP contribution in [-0.4, -0.2) is 59.6 Å². The van der Waals surface area contributed by atoms with E-state index in [1.807, 2.05) is 12.1 Å². The number of aromatic amines is 1. The fraction of sp³-hybridized carbons (Fsp3) is 0.351. The van der Waals surface area contributed by atoms with Crippen molar-refractivity contribution in [3.8, 4) is 17.4 Å². The van der Waals surface area contributed by atoms with E-state index < -0.39 is 29.3 Å². The third-order valence-corrected chi connectivity index (χ3v) is 7.76. The summed E-state index contributed by atoms with van der Waals surface area (Å²) in [5.41, 5.74) is 1.79. The first kappa shape index (κ1) is 38.3. The first-order chi connectivity index (χ1) is 23.9. The number of hydrogen-bond acceptors (Lipinski definition) is 10. The van der Waals surface area contributed by atoms with Crippen molar-refractivity contribution in [1.29, 1.82) is 0 Å². The van der Waals surface area contributed by atoms with Crippen LogP contribution in [0.5, 0.6) is 17.4 Å². The Kier molecular flexibility index (Phi) is 12.4. The second-order valence-corrected chi connectivity index (χ2v) is 14.7. The van der Waals surface area contributed by atoms with Gasteiger partial charge >= 0.3 is 17.1 Å². The molecule has 0 saturated carbocycles.